The van der Waals surface area contributed by atoms with Crippen molar-refractivity contribution in [3.05, 3.63) is 59.4 Å². The number of benzene rings is 2. The predicted molar refractivity (Wildman–Crippen MR) is 79.7 cm³/mol. The van der Waals surface area contributed by atoms with E-state index in [1.54, 1.807) is 12.1 Å². The van der Waals surface area contributed by atoms with Crippen LogP contribution in [0.1, 0.15) is 30.5 Å². The molecule has 0 bridgehead atoms. The monoisotopic (exact) mass is 273 g/mol. The minimum absolute atomic E-state index is 0.194. The summed E-state index contributed by atoms with van der Waals surface area (Å²) in [5, 5.41) is 3.25. The van der Waals surface area contributed by atoms with Gasteiger partial charge in [-0.25, -0.2) is 4.39 Å². The van der Waals surface area contributed by atoms with Gasteiger partial charge in [-0.2, -0.15) is 0 Å². The molecule has 3 heteroatoms. The van der Waals surface area contributed by atoms with Crippen LogP contribution in [-0.4, -0.2) is 7.05 Å². The fourth-order valence-electron chi connectivity index (χ4n) is 2.25. The lowest BCUT2D eigenvalue weighted by Crippen LogP contribution is -2.15. The Balaban J connectivity index is 2.36. The van der Waals surface area contributed by atoms with E-state index in [0.29, 0.717) is 5.75 Å². The Labute approximate surface area is 119 Å². The molecule has 0 spiro atoms. The normalized spacial score (nSPS) is 12.2. The van der Waals surface area contributed by atoms with E-state index in [2.05, 4.69) is 12.2 Å². The maximum atomic E-state index is 13.8. The zero-order chi connectivity index (χ0) is 14.5. The molecule has 1 unspecified atom stereocenters. The second-order valence-electron chi connectivity index (χ2n) is 4.82. The molecule has 0 amide bonds. The van der Waals surface area contributed by atoms with Crippen molar-refractivity contribution in [1.82, 2.24) is 5.32 Å². The Morgan fingerprint density at radius 1 is 1.15 bits per heavy atom. The summed E-state index contributed by atoms with van der Waals surface area (Å²) in [5.41, 5.74) is 2.01. The summed E-state index contributed by atoms with van der Waals surface area (Å²) in [6.07, 6.45) is 0.938. The molecule has 1 N–H and O–H groups in total. The highest BCUT2D eigenvalue weighted by atomic mass is 19.1. The van der Waals surface area contributed by atoms with Crippen molar-refractivity contribution >= 4 is 0 Å². The second-order valence-corrected chi connectivity index (χ2v) is 4.82. The zero-order valence-electron chi connectivity index (χ0n) is 12.1. The maximum absolute atomic E-state index is 13.8. The van der Waals surface area contributed by atoms with Crippen molar-refractivity contribution in [1.29, 1.82) is 0 Å². The van der Waals surface area contributed by atoms with Crippen LogP contribution in [0.15, 0.2) is 42.5 Å². The summed E-state index contributed by atoms with van der Waals surface area (Å²) in [4.78, 5) is 0. The molecule has 106 valence electrons. The van der Waals surface area contributed by atoms with Crippen LogP contribution in [0.25, 0.3) is 0 Å². The molecular weight excluding hydrogens is 253 g/mol. The number of nitrogens with one attached hydrogen (secondary N) is 1. The molecule has 20 heavy (non-hydrogen) atoms. The van der Waals surface area contributed by atoms with Crippen molar-refractivity contribution in [3.8, 4) is 11.5 Å². The highest BCUT2D eigenvalue weighted by Crippen LogP contribution is 2.32. The molecule has 0 radical (unpaired) electrons. The van der Waals surface area contributed by atoms with Gasteiger partial charge in [-0.05, 0) is 44.2 Å². The van der Waals surface area contributed by atoms with E-state index in [0.717, 1.165) is 17.5 Å². The molecule has 2 nitrogen and oxygen atoms in total. The fourth-order valence-corrected chi connectivity index (χ4v) is 2.25. The van der Waals surface area contributed by atoms with Gasteiger partial charge in [0.05, 0.1) is 0 Å². The third-order valence-electron chi connectivity index (χ3n) is 3.36. The molecule has 2 aromatic carbocycles. The first kappa shape index (κ1) is 14.5. The van der Waals surface area contributed by atoms with Gasteiger partial charge < -0.3 is 10.1 Å². The molecule has 0 saturated heterocycles. The molecule has 0 aliphatic heterocycles. The number of para-hydroxylation sites is 1. The first-order valence-electron chi connectivity index (χ1n) is 6.86. The smallest absolute Gasteiger partial charge is 0.165 e. The highest BCUT2D eigenvalue weighted by Gasteiger charge is 2.14. The van der Waals surface area contributed by atoms with Crippen LogP contribution >= 0.6 is 0 Å². The number of ether oxygens (including phenoxy) is 1. The zero-order valence-corrected chi connectivity index (χ0v) is 12.1. The van der Waals surface area contributed by atoms with Crippen LogP contribution in [0, 0.1) is 12.7 Å². The summed E-state index contributed by atoms with van der Waals surface area (Å²) in [5.74, 6) is 0.615. The van der Waals surface area contributed by atoms with Gasteiger partial charge in [0.15, 0.2) is 11.6 Å². The van der Waals surface area contributed by atoms with E-state index >= 15 is 0 Å². The average molecular weight is 273 g/mol. The van der Waals surface area contributed by atoms with Crippen LogP contribution < -0.4 is 10.1 Å². The molecule has 2 rings (SSSR count). The number of rotatable bonds is 5. The molecule has 0 aromatic heterocycles. The first-order chi connectivity index (χ1) is 9.65. The molecule has 1 atom stereocenters. The number of halogens is 1. The van der Waals surface area contributed by atoms with Gasteiger partial charge in [-0.1, -0.05) is 31.2 Å². The Bertz CT molecular complexity index is 579. The predicted octanol–water partition coefficient (Wildman–Crippen LogP) is 4.60. The standard InChI is InChI=1S/C17H20FNO/c1-4-15(19-3)13-7-5-6-8-16(13)20-17-11-12(2)9-10-14(17)18/h5-11,15,19H,4H2,1-3H3. The molecular formula is C17H20FNO. The lowest BCUT2D eigenvalue weighted by atomic mass is 10.0. The Kier molecular flexibility index (Phi) is 4.74. The SMILES string of the molecule is CCC(NC)c1ccccc1Oc1cc(C)ccc1F. The van der Waals surface area contributed by atoms with Gasteiger partial charge in [-0.3, -0.25) is 0 Å². The van der Waals surface area contributed by atoms with Gasteiger partial charge >= 0.3 is 0 Å². The highest BCUT2D eigenvalue weighted by molar-refractivity contribution is 5.41. The molecule has 0 saturated carbocycles. The summed E-state index contributed by atoms with van der Waals surface area (Å²) in [6, 6.07) is 12.8. The molecule has 0 fully saturated rings. The Morgan fingerprint density at radius 2 is 1.90 bits per heavy atom. The summed E-state index contributed by atoms with van der Waals surface area (Å²) in [7, 11) is 1.91. The lowest BCUT2D eigenvalue weighted by molar-refractivity contribution is 0.427. The van der Waals surface area contributed by atoms with E-state index < -0.39 is 0 Å². The number of hydrogen-bond donors (Lipinski definition) is 1. The Hall–Kier alpha value is -1.87. The average Bonchev–Trinajstić information content (AvgIpc) is 2.46. The van der Waals surface area contributed by atoms with Gasteiger partial charge in [0.1, 0.15) is 5.75 Å². The minimum atomic E-state index is -0.345. The first-order valence-corrected chi connectivity index (χ1v) is 6.86. The van der Waals surface area contributed by atoms with Crippen molar-refractivity contribution < 1.29 is 9.13 Å². The van der Waals surface area contributed by atoms with Crippen molar-refractivity contribution in [3.63, 3.8) is 0 Å². The van der Waals surface area contributed by atoms with Crippen LogP contribution in [0.2, 0.25) is 0 Å². The van der Waals surface area contributed by atoms with Crippen molar-refractivity contribution in [2.24, 2.45) is 0 Å². The van der Waals surface area contributed by atoms with E-state index in [1.165, 1.54) is 6.07 Å². The molecule has 0 aliphatic rings. The number of aryl methyl sites for hydroxylation is 1. The summed E-state index contributed by atoms with van der Waals surface area (Å²) < 4.78 is 19.6. The Morgan fingerprint density at radius 3 is 2.60 bits per heavy atom. The van der Waals surface area contributed by atoms with Crippen LogP contribution in [0.5, 0.6) is 11.5 Å². The van der Waals surface area contributed by atoms with Gasteiger partial charge in [-0.15, -0.1) is 0 Å². The topological polar surface area (TPSA) is 21.3 Å². The van der Waals surface area contributed by atoms with Gasteiger partial charge in [0, 0.05) is 11.6 Å². The van der Waals surface area contributed by atoms with Gasteiger partial charge in [0.2, 0.25) is 0 Å². The van der Waals surface area contributed by atoms with Crippen LogP contribution in [0.3, 0.4) is 0 Å². The third-order valence-corrected chi connectivity index (χ3v) is 3.36. The van der Waals surface area contributed by atoms with E-state index in [1.807, 2.05) is 38.2 Å². The third kappa shape index (κ3) is 3.17. The van der Waals surface area contributed by atoms with Gasteiger partial charge in [0.25, 0.3) is 0 Å². The second kappa shape index (κ2) is 6.53. The largest absolute Gasteiger partial charge is 0.454 e. The molecule has 0 aliphatic carbocycles. The molecule has 2 aromatic rings. The van der Waals surface area contributed by atoms with E-state index in [-0.39, 0.29) is 17.6 Å². The van der Waals surface area contributed by atoms with E-state index in [9.17, 15) is 4.39 Å². The lowest BCUT2D eigenvalue weighted by Gasteiger charge is -2.18. The van der Waals surface area contributed by atoms with Crippen LogP contribution in [0.4, 0.5) is 4.39 Å². The van der Waals surface area contributed by atoms with E-state index in [4.69, 9.17) is 4.74 Å². The quantitative estimate of drug-likeness (QED) is 0.859. The fraction of sp³-hybridized carbons (Fsp3) is 0.294. The molecule has 0 heterocycles. The minimum Gasteiger partial charge on any atom is -0.454 e. The van der Waals surface area contributed by atoms with Crippen LogP contribution in [-0.2, 0) is 0 Å². The number of hydrogen-bond acceptors (Lipinski definition) is 2. The van der Waals surface area contributed by atoms with Crippen molar-refractivity contribution in [2.75, 3.05) is 7.05 Å². The maximum Gasteiger partial charge on any atom is 0.165 e. The van der Waals surface area contributed by atoms with Crippen molar-refractivity contribution in [2.45, 2.75) is 26.3 Å². The summed E-state index contributed by atoms with van der Waals surface area (Å²) >= 11 is 0. The summed E-state index contributed by atoms with van der Waals surface area (Å²) in [6.45, 7) is 4.02.